The standard InChI is InChI=1S/C8H14O4/c1-8(2,3)5(7(11)12)4-6(9)10/h5H,4H2,1-3H3,(H,9,10)(H,11,12)/t5-/m0/s1. The molecule has 2 N–H and O–H groups in total. The molecule has 0 aromatic heterocycles. The largest absolute Gasteiger partial charge is 0.481 e. The number of carbonyl (C=O) groups is 2. The molecule has 0 rings (SSSR count). The normalized spacial score (nSPS) is 13.9. The number of aliphatic carboxylic acids is 2. The molecule has 0 saturated heterocycles. The van der Waals surface area contributed by atoms with Gasteiger partial charge in [0.05, 0.1) is 12.3 Å². The molecule has 0 radical (unpaired) electrons. The third-order valence-electron chi connectivity index (χ3n) is 1.72. The Kier molecular flexibility index (Phi) is 3.24. The number of hydrogen-bond donors (Lipinski definition) is 2. The highest BCUT2D eigenvalue weighted by Gasteiger charge is 2.32. The van der Waals surface area contributed by atoms with Crippen LogP contribution in [0.3, 0.4) is 0 Å². The predicted octanol–water partition coefficient (Wildman–Crippen LogP) is 1.21. The van der Waals surface area contributed by atoms with E-state index in [1.165, 1.54) is 0 Å². The van der Waals surface area contributed by atoms with E-state index in [1.807, 2.05) is 0 Å². The minimum absolute atomic E-state index is 0.321. The lowest BCUT2D eigenvalue weighted by Gasteiger charge is -2.25. The molecule has 0 fully saturated rings. The molecular weight excluding hydrogens is 160 g/mol. The average Bonchev–Trinajstić information content (AvgIpc) is 1.79. The Morgan fingerprint density at radius 1 is 1.25 bits per heavy atom. The zero-order valence-corrected chi connectivity index (χ0v) is 7.50. The molecule has 0 aliphatic rings. The van der Waals surface area contributed by atoms with Crippen molar-refractivity contribution in [2.75, 3.05) is 0 Å². The molecule has 0 saturated carbocycles. The van der Waals surface area contributed by atoms with Crippen LogP contribution >= 0.6 is 0 Å². The van der Waals surface area contributed by atoms with Gasteiger partial charge in [-0.05, 0) is 5.41 Å². The Morgan fingerprint density at radius 3 is 1.75 bits per heavy atom. The molecule has 0 bridgehead atoms. The summed E-state index contributed by atoms with van der Waals surface area (Å²) < 4.78 is 0. The van der Waals surface area contributed by atoms with Gasteiger partial charge in [-0.2, -0.15) is 0 Å². The minimum atomic E-state index is -1.07. The second-order valence-corrected chi connectivity index (χ2v) is 3.85. The SMILES string of the molecule is CC(C)(C)[C@@H](CC(=O)O)C(=O)O. The molecule has 4 nitrogen and oxygen atoms in total. The summed E-state index contributed by atoms with van der Waals surface area (Å²) in [5, 5.41) is 17.1. The molecular formula is C8H14O4. The fraction of sp³-hybridized carbons (Fsp3) is 0.750. The second-order valence-electron chi connectivity index (χ2n) is 3.85. The van der Waals surface area contributed by atoms with E-state index in [0.29, 0.717) is 0 Å². The first-order valence-corrected chi connectivity index (χ1v) is 3.69. The van der Waals surface area contributed by atoms with E-state index in [0.717, 1.165) is 0 Å². The number of carboxylic acids is 2. The van der Waals surface area contributed by atoms with Crippen LogP contribution in [0.4, 0.5) is 0 Å². The first-order chi connectivity index (χ1) is 5.25. The molecule has 70 valence electrons. The van der Waals surface area contributed by atoms with Crippen molar-refractivity contribution in [1.82, 2.24) is 0 Å². The summed E-state index contributed by atoms with van der Waals surface area (Å²) in [6.45, 7) is 5.15. The zero-order valence-electron chi connectivity index (χ0n) is 7.50. The van der Waals surface area contributed by atoms with Crippen molar-refractivity contribution in [3.8, 4) is 0 Å². The number of hydrogen-bond acceptors (Lipinski definition) is 2. The lowest BCUT2D eigenvalue weighted by molar-refractivity contribution is -0.152. The summed E-state index contributed by atoms with van der Waals surface area (Å²) in [6.07, 6.45) is -0.321. The fourth-order valence-corrected chi connectivity index (χ4v) is 0.939. The monoisotopic (exact) mass is 174 g/mol. The van der Waals surface area contributed by atoms with E-state index in [9.17, 15) is 9.59 Å². The van der Waals surface area contributed by atoms with Gasteiger partial charge in [0, 0.05) is 0 Å². The van der Waals surface area contributed by atoms with Crippen LogP contribution in [-0.2, 0) is 9.59 Å². The third-order valence-corrected chi connectivity index (χ3v) is 1.72. The molecule has 0 aliphatic carbocycles. The number of carboxylic acid groups (broad SMARTS) is 2. The van der Waals surface area contributed by atoms with Crippen molar-refractivity contribution >= 4 is 11.9 Å². The maximum absolute atomic E-state index is 10.6. The Morgan fingerprint density at radius 2 is 1.67 bits per heavy atom. The van der Waals surface area contributed by atoms with Gasteiger partial charge in [0.25, 0.3) is 0 Å². The van der Waals surface area contributed by atoms with E-state index in [1.54, 1.807) is 20.8 Å². The average molecular weight is 174 g/mol. The summed E-state index contributed by atoms with van der Waals surface area (Å²) in [5.74, 6) is -2.95. The van der Waals surface area contributed by atoms with Gasteiger partial charge in [-0.25, -0.2) is 0 Å². The smallest absolute Gasteiger partial charge is 0.307 e. The van der Waals surface area contributed by atoms with Crippen LogP contribution in [-0.4, -0.2) is 22.2 Å². The highest BCUT2D eigenvalue weighted by molar-refractivity contribution is 5.78. The molecule has 12 heavy (non-hydrogen) atoms. The second kappa shape index (κ2) is 3.56. The third kappa shape index (κ3) is 3.37. The highest BCUT2D eigenvalue weighted by Crippen LogP contribution is 2.28. The molecule has 0 unspecified atom stereocenters. The molecule has 0 amide bonds. The first kappa shape index (κ1) is 10.9. The van der Waals surface area contributed by atoms with E-state index in [4.69, 9.17) is 10.2 Å². The minimum Gasteiger partial charge on any atom is -0.481 e. The van der Waals surface area contributed by atoms with Gasteiger partial charge in [0.15, 0.2) is 0 Å². The molecule has 0 aromatic rings. The molecule has 1 atom stereocenters. The summed E-state index contributed by atoms with van der Waals surface area (Å²) in [5.41, 5.74) is -0.510. The maximum atomic E-state index is 10.6. The van der Waals surface area contributed by atoms with Gasteiger partial charge >= 0.3 is 11.9 Å². The molecule has 0 aliphatic heterocycles. The van der Waals surface area contributed by atoms with E-state index < -0.39 is 23.3 Å². The van der Waals surface area contributed by atoms with Crippen molar-refractivity contribution in [3.05, 3.63) is 0 Å². The van der Waals surface area contributed by atoms with Crippen molar-refractivity contribution in [2.45, 2.75) is 27.2 Å². The predicted molar refractivity (Wildman–Crippen MR) is 42.8 cm³/mol. The van der Waals surface area contributed by atoms with Gasteiger partial charge in [0.2, 0.25) is 0 Å². The fourth-order valence-electron chi connectivity index (χ4n) is 0.939. The molecule has 0 spiro atoms. The van der Waals surface area contributed by atoms with Crippen LogP contribution in [0.1, 0.15) is 27.2 Å². The number of rotatable bonds is 3. The Bertz CT molecular complexity index is 190. The Labute approximate surface area is 71.2 Å². The molecule has 0 aromatic carbocycles. The van der Waals surface area contributed by atoms with Crippen LogP contribution in [0.15, 0.2) is 0 Å². The Hall–Kier alpha value is -1.06. The Balaban J connectivity index is 4.46. The summed E-state index contributed by atoms with van der Waals surface area (Å²) in [4.78, 5) is 20.9. The zero-order chi connectivity index (χ0) is 9.94. The lowest BCUT2D eigenvalue weighted by atomic mass is 9.79. The van der Waals surface area contributed by atoms with Gasteiger partial charge in [-0.15, -0.1) is 0 Å². The maximum Gasteiger partial charge on any atom is 0.307 e. The highest BCUT2D eigenvalue weighted by atomic mass is 16.4. The lowest BCUT2D eigenvalue weighted by Crippen LogP contribution is -2.30. The summed E-state index contributed by atoms with van der Waals surface area (Å²) in [6, 6.07) is 0. The summed E-state index contributed by atoms with van der Waals surface area (Å²) in [7, 11) is 0. The van der Waals surface area contributed by atoms with Crippen LogP contribution in [0.2, 0.25) is 0 Å². The van der Waals surface area contributed by atoms with Crippen LogP contribution in [0, 0.1) is 11.3 Å². The van der Waals surface area contributed by atoms with E-state index in [2.05, 4.69) is 0 Å². The van der Waals surface area contributed by atoms with Crippen LogP contribution in [0.25, 0.3) is 0 Å². The van der Waals surface area contributed by atoms with Crippen molar-refractivity contribution in [2.24, 2.45) is 11.3 Å². The molecule has 4 heteroatoms. The van der Waals surface area contributed by atoms with E-state index in [-0.39, 0.29) is 6.42 Å². The summed E-state index contributed by atoms with van der Waals surface area (Å²) >= 11 is 0. The quantitative estimate of drug-likeness (QED) is 0.674. The van der Waals surface area contributed by atoms with Gasteiger partial charge in [0.1, 0.15) is 0 Å². The van der Waals surface area contributed by atoms with Crippen LogP contribution < -0.4 is 0 Å². The van der Waals surface area contributed by atoms with Crippen molar-refractivity contribution in [1.29, 1.82) is 0 Å². The van der Waals surface area contributed by atoms with Gasteiger partial charge in [-0.3, -0.25) is 9.59 Å². The van der Waals surface area contributed by atoms with Gasteiger partial charge < -0.3 is 10.2 Å². The van der Waals surface area contributed by atoms with Crippen molar-refractivity contribution < 1.29 is 19.8 Å². The first-order valence-electron chi connectivity index (χ1n) is 3.69. The van der Waals surface area contributed by atoms with Crippen molar-refractivity contribution in [3.63, 3.8) is 0 Å². The van der Waals surface area contributed by atoms with Crippen LogP contribution in [0.5, 0.6) is 0 Å². The van der Waals surface area contributed by atoms with E-state index >= 15 is 0 Å². The van der Waals surface area contributed by atoms with Gasteiger partial charge in [-0.1, -0.05) is 20.8 Å². The topological polar surface area (TPSA) is 74.6 Å². The molecule has 0 heterocycles.